The second-order valence-electron chi connectivity index (χ2n) is 8.35. The van der Waals surface area contributed by atoms with Gasteiger partial charge in [-0.25, -0.2) is 17.5 Å². The Morgan fingerprint density at radius 1 is 1.23 bits per heavy atom. The monoisotopic (exact) mass is 446 g/mol. The summed E-state index contributed by atoms with van der Waals surface area (Å²) in [6, 6.07) is 9.27. The van der Waals surface area contributed by atoms with Crippen LogP contribution in [0.25, 0.3) is 10.9 Å². The first-order valence-corrected chi connectivity index (χ1v) is 11.9. The van der Waals surface area contributed by atoms with Gasteiger partial charge in [0, 0.05) is 24.2 Å². The SMILES string of the molecule is Cc1cc(COC2CCN(S(=O)(=O)C[C@]3(C)NC(=O)NC3=O)CC2)c2ccccc2n1. The molecule has 166 valence electrons. The first kappa shape index (κ1) is 21.7. The topological polar surface area (TPSA) is 118 Å². The van der Waals surface area contributed by atoms with Crippen molar-refractivity contribution >= 4 is 32.9 Å². The molecular weight excluding hydrogens is 420 g/mol. The Bertz CT molecular complexity index is 1130. The maximum absolute atomic E-state index is 12.8. The number of nitrogens with zero attached hydrogens (tertiary/aromatic N) is 2. The zero-order valence-electron chi connectivity index (χ0n) is 17.6. The Kier molecular flexibility index (Phi) is 5.71. The lowest BCUT2D eigenvalue weighted by molar-refractivity contribution is -0.122. The molecule has 0 spiro atoms. The van der Waals surface area contributed by atoms with Crippen molar-refractivity contribution in [3.05, 3.63) is 41.6 Å². The average Bonchev–Trinajstić information content (AvgIpc) is 2.96. The number of fused-ring (bicyclic) bond motifs is 1. The third kappa shape index (κ3) is 4.56. The number of hydrogen-bond donors (Lipinski definition) is 2. The van der Waals surface area contributed by atoms with Crippen molar-refractivity contribution in [3.63, 3.8) is 0 Å². The number of ether oxygens (including phenoxy) is 1. The van der Waals surface area contributed by atoms with E-state index in [0.29, 0.717) is 32.5 Å². The van der Waals surface area contributed by atoms with Gasteiger partial charge in [0.1, 0.15) is 5.54 Å². The predicted octanol–water partition coefficient (Wildman–Crippen LogP) is 1.45. The number of sulfonamides is 1. The van der Waals surface area contributed by atoms with Crippen LogP contribution in [0.5, 0.6) is 0 Å². The van der Waals surface area contributed by atoms with Crippen LogP contribution in [0.2, 0.25) is 0 Å². The number of aromatic nitrogens is 1. The summed E-state index contributed by atoms with van der Waals surface area (Å²) in [5.74, 6) is -1.09. The van der Waals surface area contributed by atoms with Gasteiger partial charge in [0.15, 0.2) is 0 Å². The smallest absolute Gasteiger partial charge is 0.322 e. The molecule has 3 amide bonds. The Morgan fingerprint density at radius 3 is 2.61 bits per heavy atom. The summed E-state index contributed by atoms with van der Waals surface area (Å²) in [5.41, 5.74) is 1.46. The summed E-state index contributed by atoms with van der Waals surface area (Å²) in [5, 5.41) is 5.55. The molecule has 31 heavy (non-hydrogen) atoms. The molecule has 9 nitrogen and oxygen atoms in total. The van der Waals surface area contributed by atoms with E-state index in [2.05, 4.69) is 15.6 Å². The van der Waals surface area contributed by atoms with Crippen LogP contribution in [0.4, 0.5) is 4.79 Å². The molecule has 1 aromatic carbocycles. The van der Waals surface area contributed by atoms with Crippen LogP contribution in [-0.2, 0) is 26.2 Å². The largest absolute Gasteiger partial charge is 0.373 e. The van der Waals surface area contributed by atoms with Crippen molar-refractivity contribution in [2.75, 3.05) is 18.8 Å². The second-order valence-corrected chi connectivity index (χ2v) is 10.3. The van der Waals surface area contributed by atoms with Crippen molar-refractivity contribution < 1.29 is 22.7 Å². The third-order valence-corrected chi connectivity index (χ3v) is 7.88. The zero-order chi connectivity index (χ0) is 22.2. The lowest BCUT2D eigenvalue weighted by atomic mass is 10.1. The first-order chi connectivity index (χ1) is 14.7. The number of pyridine rings is 1. The summed E-state index contributed by atoms with van der Waals surface area (Å²) in [4.78, 5) is 27.9. The summed E-state index contributed by atoms with van der Waals surface area (Å²) in [6.45, 7) is 4.43. The average molecular weight is 447 g/mol. The number of piperidine rings is 1. The van der Waals surface area contributed by atoms with Gasteiger partial charge in [0.2, 0.25) is 10.0 Å². The molecule has 0 aliphatic carbocycles. The van der Waals surface area contributed by atoms with Gasteiger partial charge in [-0.05, 0) is 44.4 Å². The number of nitrogens with one attached hydrogen (secondary N) is 2. The molecule has 2 aromatic rings. The molecule has 2 saturated heterocycles. The van der Waals surface area contributed by atoms with E-state index in [0.717, 1.165) is 22.2 Å². The van der Waals surface area contributed by atoms with Crippen LogP contribution < -0.4 is 10.6 Å². The quantitative estimate of drug-likeness (QED) is 0.649. The minimum Gasteiger partial charge on any atom is -0.373 e. The molecule has 0 radical (unpaired) electrons. The maximum atomic E-state index is 12.8. The van der Waals surface area contributed by atoms with Crippen molar-refractivity contribution in [2.45, 2.75) is 44.9 Å². The van der Waals surface area contributed by atoms with E-state index in [1.54, 1.807) is 0 Å². The first-order valence-electron chi connectivity index (χ1n) is 10.2. The summed E-state index contributed by atoms with van der Waals surface area (Å²) in [7, 11) is -3.71. The van der Waals surface area contributed by atoms with Crippen LogP contribution in [0.15, 0.2) is 30.3 Å². The predicted molar refractivity (Wildman–Crippen MR) is 115 cm³/mol. The highest BCUT2D eigenvalue weighted by molar-refractivity contribution is 7.89. The highest BCUT2D eigenvalue weighted by Crippen LogP contribution is 2.24. The normalized spacial score (nSPS) is 23.2. The van der Waals surface area contributed by atoms with Crippen molar-refractivity contribution in [2.24, 2.45) is 0 Å². The van der Waals surface area contributed by atoms with E-state index in [-0.39, 0.29) is 6.10 Å². The van der Waals surface area contributed by atoms with Gasteiger partial charge in [-0.3, -0.25) is 15.1 Å². The molecule has 10 heteroatoms. The van der Waals surface area contributed by atoms with Gasteiger partial charge >= 0.3 is 6.03 Å². The number of rotatable bonds is 6. The summed E-state index contributed by atoms with van der Waals surface area (Å²) < 4.78 is 33.1. The number of benzene rings is 1. The van der Waals surface area contributed by atoms with E-state index in [1.807, 2.05) is 37.3 Å². The highest BCUT2D eigenvalue weighted by Gasteiger charge is 2.46. The van der Waals surface area contributed by atoms with Gasteiger partial charge in [0.05, 0.1) is 24.0 Å². The highest BCUT2D eigenvalue weighted by atomic mass is 32.2. The molecule has 3 heterocycles. The standard InChI is InChI=1S/C21H26N4O5S/c1-14-11-15(17-5-3-4-6-18(17)22-14)12-30-16-7-9-25(10-8-16)31(28,29)13-21(2)19(26)23-20(27)24-21/h3-6,11,16H,7-10,12-13H2,1-2H3,(H2,23,24,26,27)/t21-/m0/s1. The molecule has 0 bridgehead atoms. The second kappa shape index (κ2) is 8.18. The van der Waals surface area contributed by atoms with Crippen LogP contribution in [0, 0.1) is 6.92 Å². The molecule has 2 N–H and O–H groups in total. The lowest BCUT2D eigenvalue weighted by Crippen LogP contribution is -2.53. The lowest BCUT2D eigenvalue weighted by Gasteiger charge is -2.33. The van der Waals surface area contributed by atoms with Crippen LogP contribution >= 0.6 is 0 Å². The van der Waals surface area contributed by atoms with Crippen LogP contribution in [0.1, 0.15) is 31.0 Å². The van der Waals surface area contributed by atoms with Gasteiger partial charge in [-0.15, -0.1) is 0 Å². The Hall–Kier alpha value is -2.56. The van der Waals surface area contributed by atoms with Gasteiger partial charge < -0.3 is 10.1 Å². The number of amides is 3. The number of carbonyl (C=O) groups is 2. The fourth-order valence-corrected chi connectivity index (χ4v) is 6.02. The van der Waals surface area contributed by atoms with E-state index < -0.39 is 33.3 Å². The molecule has 4 rings (SSSR count). The number of imide groups is 1. The minimum atomic E-state index is -3.71. The Balaban J connectivity index is 1.35. The van der Waals surface area contributed by atoms with Crippen molar-refractivity contribution in [1.82, 2.24) is 19.9 Å². The summed E-state index contributed by atoms with van der Waals surface area (Å²) in [6.07, 6.45) is 1.08. The number of hydrogen-bond acceptors (Lipinski definition) is 6. The summed E-state index contributed by atoms with van der Waals surface area (Å²) >= 11 is 0. The number of para-hydroxylation sites is 1. The Morgan fingerprint density at radius 2 is 1.94 bits per heavy atom. The minimum absolute atomic E-state index is 0.0521. The fourth-order valence-electron chi connectivity index (χ4n) is 4.14. The number of carbonyl (C=O) groups excluding carboxylic acids is 2. The van der Waals surface area contributed by atoms with E-state index in [9.17, 15) is 18.0 Å². The third-order valence-electron chi connectivity index (χ3n) is 5.79. The number of urea groups is 1. The molecule has 2 aliphatic rings. The van der Waals surface area contributed by atoms with Crippen molar-refractivity contribution in [1.29, 1.82) is 0 Å². The maximum Gasteiger partial charge on any atom is 0.322 e. The number of aryl methyl sites for hydroxylation is 1. The van der Waals surface area contributed by atoms with E-state index in [1.165, 1.54) is 11.2 Å². The van der Waals surface area contributed by atoms with E-state index in [4.69, 9.17) is 4.74 Å². The molecule has 1 aromatic heterocycles. The van der Waals surface area contributed by atoms with Gasteiger partial charge in [-0.2, -0.15) is 0 Å². The van der Waals surface area contributed by atoms with Crippen molar-refractivity contribution in [3.8, 4) is 0 Å². The molecular formula is C21H26N4O5S. The zero-order valence-corrected chi connectivity index (χ0v) is 18.4. The van der Waals surface area contributed by atoms with E-state index >= 15 is 0 Å². The molecule has 0 saturated carbocycles. The van der Waals surface area contributed by atoms with Gasteiger partial charge in [-0.1, -0.05) is 18.2 Å². The van der Waals surface area contributed by atoms with Crippen LogP contribution in [-0.4, -0.2) is 60.1 Å². The van der Waals surface area contributed by atoms with Gasteiger partial charge in [0.25, 0.3) is 5.91 Å². The molecule has 2 fully saturated rings. The molecule has 0 unspecified atom stereocenters. The molecule has 1 atom stereocenters. The molecule has 2 aliphatic heterocycles. The Labute approximate surface area is 181 Å². The van der Waals surface area contributed by atoms with Crippen LogP contribution in [0.3, 0.4) is 0 Å². The fraction of sp³-hybridized carbons (Fsp3) is 0.476.